The van der Waals surface area contributed by atoms with Crippen molar-refractivity contribution in [3.05, 3.63) is 101 Å². The number of hydrogen-bond donors (Lipinski definition) is 5. The Hall–Kier alpha value is -4.17. The average Bonchev–Trinajstić information content (AvgIpc) is 2.88. The molecule has 3 aromatic carbocycles. The van der Waals surface area contributed by atoms with Crippen LogP contribution < -0.4 is 16.4 Å². The number of phenolic OH excluding ortho intramolecular Hbond substituents is 1. The van der Waals surface area contributed by atoms with Gasteiger partial charge in [0.25, 0.3) is 0 Å². The summed E-state index contributed by atoms with van der Waals surface area (Å²) in [4.78, 5) is 38.4. The van der Waals surface area contributed by atoms with Crippen LogP contribution in [0.1, 0.15) is 49.1 Å². The number of carboxylic acid groups (broad SMARTS) is 1. The Morgan fingerprint density at radius 1 is 0.816 bits per heavy atom. The van der Waals surface area contributed by atoms with E-state index >= 15 is 0 Å². The van der Waals surface area contributed by atoms with Crippen molar-refractivity contribution in [2.24, 2.45) is 5.73 Å². The van der Waals surface area contributed by atoms with Gasteiger partial charge in [-0.2, -0.15) is 0 Å². The molecule has 0 aliphatic rings. The van der Waals surface area contributed by atoms with Gasteiger partial charge in [-0.1, -0.05) is 93.6 Å². The SMILES string of the molecule is CC(C)(C)c1cc(C[C@H](NC(=O)[C@@H](NC(=O)[C@@H](N)Cc2ccccc2)c2ccccc2)C(=O)O)ccc1O. The first kappa shape index (κ1) is 28.4. The Morgan fingerprint density at radius 2 is 1.42 bits per heavy atom. The molecule has 0 aliphatic heterocycles. The van der Waals surface area contributed by atoms with Crippen molar-refractivity contribution in [1.82, 2.24) is 10.6 Å². The zero-order valence-corrected chi connectivity index (χ0v) is 21.8. The molecule has 8 nitrogen and oxygen atoms in total. The van der Waals surface area contributed by atoms with E-state index in [1.54, 1.807) is 42.5 Å². The molecule has 0 saturated heterocycles. The van der Waals surface area contributed by atoms with Crippen LogP contribution in [0.25, 0.3) is 0 Å². The maximum atomic E-state index is 13.4. The topological polar surface area (TPSA) is 142 Å². The van der Waals surface area contributed by atoms with E-state index in [0.717, 1.165) is 5.56 Å². The molecule has 3 aromatic rings. The monoisotopic (exact) mass is 517 g/mol. The summed E-state index contributed by atoms with van der Waals surface area (Å²) in [5, 5.41) is 25.4. The number of aliphatic carboxylic acids is 1. The fourth-order valence-electron chi connectivity index (χ4n) is 4.16. The third-order valence-electron chi connectivity index (χ3n) is 6.24. The van der Waals surface area contributed by atoms with Gasteiger partial charge in [-0.05, 0) is 40.2 Å². The van der Waals surface area contributed by atoms with Gasteiger partial charge in [0.05, 0.1) is 6.04 Å². The lowest BCUT2D eigenvalue weighted by Crippen LogP contribution is -2.51. The summed E-state index contributed by atoms with van der Waals surface area (Å²) in [6.07, 6.45) is 0.276. The first-order valence-corrected chi connectivity index (χ1v) is 12.5. The highest BCUT2D eigenvalue weighted by Gasteiger charge is 2.30. The minimum atomic E-state index is -1.26. The van der Waals surface area contributed by atoms with Crippen molar-refractivity contribution in [1.29, 1.82) is 0 Å². The molecule has 200 valence electrons. The second-order valence-corrected chi connectivity index (χ2v) is 10.4. The minimum Gasteiger partial charge on any atom is -0.508 e. The van der Waals surface area contributed by atoms with Crippen molar-refractivity contribution in [3.63, 3.8) is 0 Å². The standard InChI is InChI=1S/C30H35N3O5/c1-30(2,3)22-16-20(14-15-25(22)34)18-24(29(37)38)32-28(36)26(21-12-8-5-9-13-21)33-27(35)23(31)17-19-10-6-4-7-11-19/h4-16,23-24,26,34H,17-18,31H2,1-3H3,(H,32,36)(H,33,35)(H,37,38)/t23-,24-,26-/m0/s1. The number of phenols is 1. The van der Waals surface area contributed by atoms with Crippen LogP contribution in [0.3, 0.4) is 0 Å². The van der Waals surface area contributed by atoms with Gasteiger partial charge < -0.3 is 26.6 Å². The largest absolute Gasteiger partial charge is 0.508 e. The van der Waals surface area contributed by atoms with Crippen LogP contribution in [-0.4, -0.2) is 40.1 Å². The van der Waals surface area contributed by atoms with Gasteiger partial charge in [0.1, 0.15) is 17.8 Å². The van der Waals surface area contributed by atoms with Crippen molar-refractivity contribution < 1.29 is 24.6 Å². The zero-order valence-electron chi connectivity index (χ0n) is 21.8. The molecule has 6 N–H and O–H groups in total. The Kier molecular flexibility index (Phi) is 9.25. The normalized spacial score (nSPS) is 13.7. The summed E-state index contributed by atoms with van der Waals surface area (Å²) in [5.41, 5.74) is 8.46. The maximum Gasteiger partial charge on any atom is 0.326 e. The van der Waals surface area contributed by atoms with Crippen LogP contribution in [-0.2, 0) is 32.6 Å². The number of benzene rings is 3. The summed E-state index contributed by atoms with van der Waals surface area (Å²) in [6, 6.07) is 19.5. The molecule has 0 aromatic heterocycles. The fourth-order valence-corrected chi connectivity index (χ4v) is 4.16. The quantitative estimate of drug-likeness (QED) is 0.280. The average molecular weight is 518 g/mol. The van der Waals surface area contributed by atoms with Crippen LogP contribution >= 0.6 is 0 Å². The molecule has 2 amide bonds. The lowest BCUT2D eigenvalue weighted by atomic mass is 9.85. The molecule has 0 unspecified atom stereocenters. The first-order valence-electron chi connectivity index (χ1n) is 12.5. The Morgan fingerprint density at radius 3 is 2.00 bits per heavy atom. The third-order valence-corrected chi connectivity index (χ3v) is 6.24. The summed E-state index contributed by atoms with van der Waals surface area (Å²) >= 11 is 0. The van der Waals surface area contributed by atoms with Gasteiger partial charge in [-0.3, -0.25) is 9.59 Å². The second-order valence-electron chi connectivity index (χ2n) is 10.4. The van der Waals surface area contributed by atoms with E-state index in [-0.39, 0.29) is 24.0 Å². The summed E-state index contributed by atoms with van der Waals surface area (Å²) in [6.45, 7) is 5.83. The zero-order chi connectivity index (χ0) is 27.9. The molecule has 8 heteroatoms. The summed E-state index contributed by atoms with van der Waals surface area (Å²) in [5.74, 6) is -2.30. The van der Waals surface area contributed by atoms with Crippen LogP contribution in [0.4, 0.5) is 0 Å². The van der Waals surface area contributed by atoms with E-state index in [1.807, 2.05) is 51.1 Å². The number of amides is 2. The number of nitrogens with one attached hydrogen (secondary N) is 2. The number of hydrogen-bond acceptors (Lipinski definition) is 5. The molecule has 0 fully saturated rings. The third kappa shape index (κ3) is 7.66. The fraction of sp³-hybridized carbons (Fsp3) is 0.300. The van der Waals surface area contributed by atoms with Crippen molar-refractivity contribution in [2.45, 2.75) is 57.2 Å². The molecule has 0 spiro atoms. The van der Waals surface area contributed by atoms with Gasteiger partial charge in [0.15, 0.2) is 0 Å². The van der Waals surface area contributed by atoms with Crippen molar-refractivity contribution in [3.8, 4) is 5.75 Å². The second kappa shape index (κ2) is 12.4. The van der Waals surface area contributed by atoms with Crippen LogP contribution in [0, 0.1) is 0 Å². The highest BCUT2D eigenvalue weighted by molar-refractivity contribution is 5.92. The van der Waals surface area contributed by atoms with Gasteiger partial charge in [-0.15, -0.1) is 0 Å². The first-order chi connectivity index (χ1) is 18.0. The van der Waals surface area contributed by atoms with E-state index in [1.165, 1.54) is 6.07 Å². The van der Waals surface area contributed by atoms with E-state index in [9.17, 15) is 24.6 Å². The molecule has 0 aliphatic carbocycles. The molecule has 0 bridgehead atoms. The predicted molar refractivity (Wildman–Crippen MR) is 146 cm³/mol. The van der Waals surface area contributed by atoms with Gasteiger partial charge in [-0.25, -0.2) is 4.79 Å². The van der Waals surface area contributed by atoms with E-state index in [0.29, 0.717) is 16.7 Å². The smallest absolute Gasteiger partial charge is 0.326 e. The number of nitrogens with two attached hydrogens (primary N) is 1. The van der Waals surface area contributed by atoms with E-state index in [2.05, 4.69) is 10.6 Å². The van der Waals surface area contributed by atoms with Crippen molar-refractivity contribution in [2.75, 3.05) is 0 Å². The van der Waals surface area contributed by atoms with Gasteiger partial charge in [0, 0.05) is 6.42 Å². The molecular formula is C30H35N3O5. The van der Waals surface area contributed by atoms with Crippen molar-refractivity contribution >= 4 is 17.8 Å². The number of rotatable bonds is 10. The maximum absolute atomic E-state index is 13.4. The highest BCUT2D eigenvalue weighted by atomic mass is 16.4. The Bertz CT molecular complexity index is 1260. The van der Waals surface area contributed by atoms with E-state index in [4.69, 9.17) is 5.73 Å². The molecule has 38 heavy (non-hydrogen) atoms. The Labute approximate surface area is 222 Å². The van der Waals surface area contributed by atoms with Gasteiger partial charge >= 0.3 is 5.97 Å². The molecule has 0 radical (unpaired) electrons. The lowest BCUT2D eigenvalue weighted by Gasteiger charge is -2.24. The summed E-state index contributed by atoms with van der Waals surface area (Å²) < 4.78 is 0. The van der Waals surface area contributed by atoms with Crippen LogP contribution in [0.15, 0.2) is 78.9 Å². The van der Waals surface area contributed by atoms with Crippen LogP contribution in [0.2, 0.25) is 0 Å². The number of carboxylic acids is 1. The lowest BCUT2D eigenvalue weighted by molar-refractivity contribution is -0.142. The van der Waals surface area contributed by atoms with Gasteiger partial charge in [0.2, 0.25) is 11.8 Å². The molecule has 3 rings (SSSR count). The van der Waals surface area contributed by atoms with E-state index < -0.39 is 35.9 Å². The molecular weight excluding hydrogens is 482 g/mol. The molecule has 0 heterocycles. The molecule has 3 atom stereocenters. The number of carbonyl (C=O) groups is 3. The predicted octanol–water partition coefficient (Wildman–Crippen LogP) is 3.23. The highest BCUT2D eigenvalue weighted by Crippen LogP contribution is 2.31. The minimum absolute atomic E-state index is 0.00654. The molecule has 0 saturated carbocycles. The number of aromatic hydroxyl groups is 1. The Balaban J connectivity index is 1.79. The van der Waals surface area contributed by atoms with Crippen LogP contribution in [0.5, 0.6) is 5.75 Å². The summed E-state index contributed by atoms with van der Waals surface area (Å²) in [7, 11) is 0. The number of carbonyl (C=O) groups excluding carboxylic acids is 2.